The third-order valence-corrected chi connectivity index (χ3v) is 3.27. The Bertz CT molecular complexity index is 685. The highest BCUT2D eigenvalue weighted by molar-refractivity contribution is 9.10. The molecule has 0 bridgehead atoms. The Kier molecular flexibility index (Phi) is 4.66. The van der Waals surface area contributed by atoms with E-state index in [1.165, 1.54) is 10.7 Å². The van der Waals surface area contributed by atoms with E-state index in [1.54, 1.807) is 18.3 Å². The molecule has 110 valence electrons. The predicted octanol–water partition coefficient (Wildman–Crippen LogP) is 0.836. The minimum Gasteiger partial charge on any atom is -0.478 e. The lowest BCUT2D eigenvalue weighted by molar-refractivity contribution is -0.116. The topological polar surface area (TPSA) is 123 Å². The van der Waals surface area contributed by atoms with Crippen LogP contribution in [0.4, 0.5) is 5.69 Å². The number of hydrogen-bond acceptors (Lipinski definition) is 5. The van der Waals surface area contributed by atoms with Crippen LogP contribution in [0.3, 0.4) is 0 Å². The fourth-order valence-corrected chi connectivity index (χ4v) is 2.13. The number of aromatic nitrogens is 3. The van der Waals surface area contributed by atoms with Crippen LogP contribution in [0.15, 0.2) is 28.9 Å². The summed E-state index contributed by atoms with van der Waals surface area (Å²) in [5.74, 6) is -1.55. The number of benzene rings is 1. The third kappa shape index (κ3) is 3.64. The Morgan fingerprint density at radius 2 is 2.19 bits per heavy atom. The van der Waals surface area contributed by atoms with Gasteiger partial charge in [0.15, 0.2) is 0 Å². The molecule has 0 radical (unpaired) electrons. The van der Waals surface area contributed by atoms with Gasteiger partial charge in [0.25, 0.3) is 0 Å². The lowest BCUT2D eigenvalue weighted by atomic mass is 10.2. The summed E-state index contributed by atoms with van der Waals surface area (Å²) >= 11 is 3.22. The number of nitrogens with two attached hydrogens (primary N) is 1. The summed E-state index contributed by atoms with van der Waals surface area (Å²) < 4.78 is 1.81. The van der Waals surface area contributed by atoms with E-state index < -0.39 is 11.9 Å². The fraction of sp³-hybridized carbons (Fsp3) is 0.167. The van der Waals surface area contributed by atoms with E-state index in [0.29, 0.717) is 10.2 Å². The van der Waals surface area contributed by atoms with E-state index in [4.69, 9.17) is 10.8 Å². The van der Waals surface area contributed by atoms with Crippen molar-refractivity contribution in [1.82, 2.24) is 15.0 Å². The van der Waals surface area contributed by atoms with Gasteiger partial charge in [-0.1, -0.05) is 11.3 Å². The highest BCUT2D eigenvalue weighted by Crippen LogP contribution is 2.26. The Labute approximate surface area is 128 Å². The van der Waals surface area contributed by atoms with Crippen LogP contribution < -0.4 is 11.1 Å². The van der Waals surface area contributed by atoms with E-state index >= 15 is 0 Å². The molecule has 0 spiro atoms. The maximum absolute atomic E-state index is 12.0. The van der Waals surface area contributed by atoms with E-state index in [0.717, 1.165) is 0 Å². The summed E-state index contributed by atoms with van der Waals surface area (Å²) in [7, 11) is 0. The van der Waals surface area contributed by atoms with Crippen LogP contribution in [0.1, 0.15) is 16.1 Å². The molecule has 1 heterocycles. The maximum atomic E-state index is 12.0. The van der Waals surface area contributed by atoms with Gasteiger partial charge in [-0.25, -0.2) is 9.48 Å². The average molecular weight is 354 g/mol. The molecule has 0 unspecified atom stereocenters. The SMILES string of the molecule is NCc1cn(CC(=O)Nc2c(Br)cccc2C(=O)O)nn1. The molecule has 2 aromatic rings. The van der Waals surface area contributed by atoms with Gasteiger partial charge < -0.3 is 16.2 Å². The second kappa shape index (κ2) is 6.46. The normalized spacial score (nSPS) is 10.4. The van der Waals surface area contributed by atoms with Gasteiger partial charge in [-0.05, 0) is 28.1 Å². The maximum Gasteiger partial charge on any atom is 0.337 e. The summed E-state index contributed by atoms with van der Waals surface area (Å²) in [5, 5.41) is 19.2. The standard InChI is InChI=1S/C12H12BrN5O3/c13-9-3-1-2-8(12(20)21)11(9)15-10(19)6-18-5-7(4-14)16-17-18/h1-3,5H,4,6,14H2,(H,15,19)(H,20,21). The Hall–Kier alpha value is -2.26. The molecular formula is C12H12BrN5O3. The van der Waals surface area contributed by atoms with Crippen molar-refractivity contribution in [3.63, 3.8) is 0 Å². The average Bonchev–Trinajstić information content (AvgIpc) is 2.88. The molecule has 8 nitrogen and oxygen atoms in total. The van der Waals surface area contributed by atoms with Crippen molar-refractivity contribution >= 4 is 33.5 Å². The van der Waals surface area contributed by atoms with Crippen LogP contribution >= 0.6 is 15.9 Å². The highest BCUT2D eigenvalue weighted by atomic mass is 79.9. The number of rotatable bonds is 5. The van der Waals surface area contributed by atoms with Crippen LogP contribution in [0, 0.1) is 0 Å². The van der Waals surface area contributed by atoms with Crippen LogP contribution in [0.2, 0.25) is 0 Å². The molecule has 9 heteroatoms. The molecule has 2 rings (SSSR count). The number of anilines is 1. The monoisotopic (exact) mass is 353 g/mol. The second-order valence-corrected chi connectivity index (χ2v) is 4.98. The zero-order chi connectivity index (χ0) is 15.4. The first kappa shape index (κ1) is 15.1. The van der Waals surface area contributed by atoms with Crippen molar-refractivity contribution in [2.24, 2.45) is 5.73 Å². The van der Waals surface area contributed by atoms with Crippen LogP contribution in [0.25, 0.3) is 0 Å². The minimum absolute atomic E-state index is 0.000961. The lowest BCUT2D eigenvalue weighted by Crippen LogP contribution is -2.21. The first-order valence-corrected chi connectivity index (χ1v) is 6.71. The van der Waals surface area contributed by atoms with Crippen molar-refractivity contribution < 1.29 is 14.7 Å². The first-order valence-electron chi connectivity index (χ1n) is 5.92. The number of hydrogen-bond donors (Lipinski definition) is 3. The molecule has 4 N–H and O–H groups in total. The zero-order valence-electron chi connectivity index (χ0n) is 10.8. The van der Waals surface area contributed by atoms with Gasteiger partial charge in [0, 0.05) is 11.0 Å². The van der Waals surface area contributed by atoms with Crippen molar-refractivity contribution in [2.75, 3.05) is 5.32 Å². The molecule has 0 aliphatic heterocycles. The molecule has 21 heavy (non-hydrogen) atoms. The van der Waals surface area contributed by atoms with E-state index in [9.17, 15) is 9.59 Å². The van der Waals surface area contributed by atoms with Gasteiger partial charge in [-0.3, -0.25) is 4.79 Å². The van der Waals surface area contributed by atoms with Gasteiger partial charge in [0.05, 0.1) is 23.1 Å². The second-order valence-electron chi connectivity index (χ2n) is 4.13. The van der Waals surface area contributed by atoms with Crippen molar-refractivity contribution in [3.8, 4) is 0 Å². The van der Waals surface area contributed by atoms with E-state index in [1.807, 2.05) is 0 Å². The molecule has 0 saturated heterocycles. The van der Waals surface area contributed by atoms with Gasteiger partial charge in [-0.2, -0.15) is 0 Å². The number of amides is 1. The molecule has 0 fully saturated rings. The summed E-state index contributed by atoms with van der Waals surface area (Å²) in [4.78, 5) is 23.1. The number of para-hydroxylation sites is 1. The van der Waals surface area contributed by atoms with Crippen LogP contribution in [-0.4, -0.2) is 32.0 Å². The summed E-state index contributed by atoms with van der Waals surface area (Å²) in [6, 6.07) is 4.63. The van der Waals surface area contributed by atoms with Gasteiger partial charge in [0.1, 0.15) is 6.54 Å². The van der Waals surface area contributed by atoms with E-state index in [-0.39, 0.29) is 24.3 Å². The largest absolute Gasteiger partial charge is 0.478 e. The molecule has 1 aromatic carbocycles. The number of nitrogens with one attached hydrogen (secondary N) is 1. The van der Waals surface area contributed by atoms with E-state index in [2.05, 4.69) is 31.6 Å². The number of carbonyl (C=O) groups excluding carboxylic acids is 1. The van der Waals surface area contributed by atoms with Crippen molar-refractivity contribution in [3.05, 3.63) is 40.1 Å². The smallest absolute Gasteiger partial charge is 0.337 e. The molecular weight excluding hydrogens is 342 g/mol. The van der Waals surface area contributed by atoms with Crippen molar-refractivity contribution in [2.45, 2.75) is 13.1 Å². The molecule has 0 saturated carbocycles. The quantitative estimate of drug-likeness (QED) is 0.731. The highest BCUT2D eigenvalue weighted by Gasteiger charge is 2.15. The van der Waals surface area contributed by atoms with Crippen molar-refractivity contribution in [1.29, 1.82) is 0 Å². The Balaban J connectivity index is 2.14. The molecule has 1 amide bonds. The molecule has 0 aliphatic carbocycles. The van der Waals surface area contributed by atoms with Crippen LogP contribution in [-0.2, 0) is 17.9 Å². The van der Waals surface area contributed by atoms with Gasteiger partial charge >= 0.3 is 5.97 Å². The lowest BCUT2D eigenvalue weighted by Gasteiger charge is -2.10. The summed E-state index contributed by atoms with van der Waals surface area (Å²) in [5.41, 5.74) is 6.17. The molecule has 0 aliphatic rings. The van der Waals surface area contributed by atoms with Gasteiger partial charge in [0.2, 0.25) is 5.91 Å². The zero-order valence-corrected chi connectivity index (χ0v) is 12.4. The first-order chi connectivity index (χ1) is 10.0. The van der Waals surface area contributed by atoms with Crippen LogP contribution in [0.5, 0.6) is 0 Å². The van der Waals surface area contributed by atoms with Gasteiger partial charge in [-0.15, -0.1) is 5.10 Å². The minimum atomic E-state index is -1.13. The number of halogens is 1. The number of carbonyl (C=O) groups is 2. The third-order valence-electron chi connectivity index (χ3n) is 2.61. The number of nitrogens with zero attached hydrogens (tertiary/aromatic N) is 3. The molecule has 0 atom stereocenters. The summed E-state index contributed by atoms with van der Waals surface area (Å²) in [6.07, 6.45) is 1.55. The summed E-state index contributed by atoms with van der Waals surface area (Å²) in [6.45, 7) is 0.141. The fourth-order valence-electron chi connectivity index (χ4n) is 1.66. The number of aromatic carboxylic acids is 1. The molecule has 1 aromatic heterocycles. The Morgan fingerprint density at radius 1 is 1.43 bits per heavy atom. The number of carboxylic acids is 1. The Morgan fingerprint density at radius 3 is 2.81 bits per heavy atom. The predicted molar refractivity (Wildman–Crippen MR) is 77.6 cm³/mol. The number of carboxylic acid groups (broad SMARTS) is 1.